The molecule has 29 heavy (non-hydrogen) atoms. The van der Waals surface area contributed by atoms with Crippen molar-refractivity contribution in [2.75, 3.05) is 44.7 Å². The number of rotatable bonds is 5. The Morgan fingerprint density at radius 1 is 1.00 bits per heavy atom. The van der Waals surface area contributed by atoms with E-state index >= 15 is 0 Å². The van der Waals surface area contributed by atoms with E-state index in [1.165, 1.54) is 0 Å². The van der Waals surface area contributed by atoms with Crippen LogP contribution >= 0.6 is 0 Å². The smallest absolute Gasteiger partial charge is 0.313 e. The summed E-state index contributed by atoms with van der Waals surface area (Å²) in [5.74, 6) is -1.26. The van der Waals surface area contributed by atoms with Gasteiger partial charge in [-0.1, -0.05) is 18.2 Å². The summed E-state index contributed by atoms with van der Waals surface area (Å²) in [5.41, 5.74) is 2.89. The molecule has 7 heteroatoms. The van der Waals surface area contributed by atoms with E-state index in [9.17, 15) is 9.59 Å². The standard InChI is InChI=1S/C22H26N4O3/c1-2-26-19-6-4-3-5-17(19)18-15-16(7-8-20(18)26)24-22(28)21(27)23-9-10-25-11-13-29-14-12-25/h3-8,15H,2,9-14H2,1H3,(H,23,27)(H,24,28). The first-order valence-corrected chi connectivity index (χ1v) is 10.1. The number of carbonyl (C=O) groups is 2. The number of benzene rings is 2. The van der Waals surface area contributed by atoms with Gasteiger partial charge in [0, 0.05) is 60.2 Å². The average molecular weight is 394 g/mol. The van der Waals surface area contributed by atoms with Gasteiger partial charge in [0.15, 0.2) is 0 Å². The molecule has 1 aliphatic rings. The third kappa shape index (κ3) is 4.11. The highest BCUT2D eigenvalue weighted by Gasteiger charge is 2.16. The topological polar surface area (TPSA) is 75.6 Å². The Morgan fingerprint density at radius 3 is 2.55 bits per heavy atom. The molecule has 1 fully saturated rings. The lowest BCUT2D eigenvalue weighted by atomic mass is 10.1. The molecule has 0 spiro atoms. The van der Waals surface area contributed by atoms with Gasteiger partial charge in [0.2, 0.25) is 0 Å². The first-order valence-electron chi connectivity index (χ1n) is 10.1. The minimum absolute atomic E-state index is 0.440. The van der Waals surface area contributed by atoms with Crippen LogP contribution in [-0.2, 0) is 20.9 Å². The van der Waals surface area contributed by atoms with Crippen LogP contribution in [0.4, 0.5) is 5.69 Å². The van der Waals surface area contributed by atoms with Gasteiger partial charge in [0.25, 0.3) is 0 Å². The Kier molecular flexibility index (Phi) is 5.78. The molecule has 0 saturated carbocycles. The molecule has 4 rings (SSSR count). The highest BCUT2D eigenvalue weighted by Crippen LogP contribution is 2.30. The number of morpholine rings is 1. The molecule has 1 aromatic heterocycles. The third-order valence-electron chi connectivity index (χ3n) is 5.37. The van der Waals surface area contributed by atoms with Crippen molar-refractivity contribution in [1.29, 1.82) is 0 Å². The summed E-state index contributed by atoms with van der Waals surface area (Å²) < 4.78 is 7.55. The van der Waals surface area contributed by atoms with Gasteiger partial charge in [-0.05, 0) is 31.2 Å². The molecular weight excluding hydrogens is 368 g/mol. The highest BCUT2D eigenvalue weighted by atomic mass is 16.5. The molecule has 0 unspecified atom stereocenters. The molecule has 0 atom stereocenters. The zero-order valence-corrected chi connectivity index (χ0v) is 16.6. The number of aromatic nitrogens is 1. The number of ether oxygens (including phenoxy) is 1. The van der Waals surface area contributed by atoms with Gasteiger partial charge in [0.05, 0.1) is 13.2 Å². The van der Waals surface area contributed by atoms with Crippen molar-refractivity contribution in [1.82, 2.24) is 14.8 Å². The predicted octanol–water partition coefficient (Wildman–Crippen LogP) is 2.20. The Labute approximate surface area is 169 Å². The summed E-state index contributed by atoms with van der Waals surface area (Å²) in [4.78, 5) is 26.6. The molecule has 0 radical (unpaired) electrons. The molecule has 0 aliphatic carbocycles. The number of nitrogens with one attached hydrogen (secondary N) is 2. The van der Waals surface area contributed by atoms with E-state index in [2.05, 4.69) is 39.2 Å². The van der Waals surface area contributed by atoms with E-state index < -0.39 is 11.8 Å². The number of hydrogen-bond acceptors (Lipinski definition) is 4. The van der Waals surface area contributed by atoms with Crippen molar-refractivity contribution in [3.63, 3.8) is 0 Å². The van der Waals surface area contributed by atoms with Crippen molar-refractivity contribution >= 4 is 39.3 Å². The molecule has 1 aliphatic heterocycles. The van der Waals surface area contributed by atoms with E-state index in [-0.39, 0.29) is 0 Å². The number of nitrogens with zero attached hydrogens (tertiary/aromatic N) is 2. The Bertz CT molecular complexity index is 1040. The highest BCUT2D eigenvalue weighted by molar-refractivity contribution is 6.39. The van der Waals surface area contributed by atoms with Crippen LogP contribution in [0.5, 0.6) is 0 Å². The van der Waals surface area contributed by atoms with Crippen molar-refractivity contribution in [3.8, 4) is 0 Å². The van der Waals surface area contributed by atoms with Crippen LogP contribution < -0.4 is 10.6 Å². The molecule has 0 bridgehead atoms. The van der Waals surface area contributed by atoms with Crippen LogP contribution in [0.25, 0.3) is 21.8 Å². The first-order chi connectivity index (χ1) is 14.2. The maximum atomic E-state index is 12.3. The lowest BCUT2D eigenvalue weighted by Crippen LogP contribution is -2.43. The zero-order chi connectivity index (χ0) is 20.2. The van der Waals surface area contributed by atoms with E-state index in [1.54, 1.807) is 0 Å². The molecular formula is C22H26N4O3. The second-order valence-corrected chi connectivity index (χ2v) is 7.16. The zero-order valence-electron chi connectivity index (χ0n) is 16.6. The van der Waals surface area contributed by atoms with Crippen molar-refractivity contribution in [2.24, 2.45) is 0 Å². The molecule has 1 saturated heterocycles. The predicted molar refractivity (Wildman–Crippen MR) is 114 cm³/mol. The van der Waals surface area contributed by atoms with E-state index in [0.717, 1.165) is 41.4 Å². The number of anilines is 1. The Hall–Kier alpha value is -2.90. The van der Waals surface area contributed by atoms with Crippen LogP contribution in [0.2, 0.25) is 0 Å². The minimum Gasteiger partial charge on any atom is -0.379 e. The average Bonchev–Trinajstić information content (AvgIpc) is 3.07. The molecule has 3 aromatic rings. The van der Waals surface area contributed by atoms with E-state index in [1.807, 2.05) is 30.3 Å². The largest absolute Gasteiger partial charge is 0.379 e. The van der Waals surface area contributed by atoms with Gasteiger partial charge < -0.3 is 19.9 Å². The fraction of sp³-hybridized carbons (Fsp3) is 0.364. The quantitative estimate of drug-likeness (QED) is 0.651. The normalized spacial score (nSPS) is 14.9. The molecule has 152 valence electrons. The molecule has 7 nitrogen and oxygen atoms in total. The monoisotopic (exact) mass is 394 g/mol. The van der Waals surface area contributed by atoms with Crippen LogP contribution in [-0.4, -0.2) is 60.7 Å². The number of amides is 2. The van der Waals surface area contributed by atoms with Crippen molar-refractivity contribution in [2.45, 2.75) is 13.5 Å². The summed E-state index contributed by atoms with van der Waals surface area (Å²) >= 11 is 0. The van der Waals surface area contributed by atoms with Crippen molar-refractivity contribution in [3.05, 3.63) is 42.5 Å². The van der Waals surface area contributed by atoms with Gasteiger partial charge in [-0.25, -0.2) is 0 Å². The fourth-order valence-electron chi connectivity index (χ4n) is 3.89. The summed E-state index contributed by atoms with van der Waals surface area (Å²) in [6.45, 7) is 7.27. The van der Waals surface area contributed by atoms with E-state index in [0.29, 0.717) is 32.0 Å². The molecule has 2 amide bonds. The lowest BCUT2D eigenvalue weighted by Gasteiger charge is -2.26. The molecule has 2 aromatic carbocycles. The summed E-state index contributed by atoms with van der Waals surface area (Å²) in [5, 5.41) is 7.61. The Balaban J connectivity index is 1.42. The number of aryl methyl sites for hydroxylation is 1. The van der Waals surface area contributed by atoms with Crippen LogP contribution in [0.15, 0.2) is 42.5 Å². The maximum Gasteiger partial charge on any atom is 0.313 e. The van der Waals surface area contributed by atoms with Gasteiger partial charge in [-0.15, -0.1) is 0 Å². The summed E-state index contributed by atoms with van der Waals surface area (Å²) in [6.07, 6.45) is 0. The second kappa shape index (κ2) is 8.63. The van der Waals surface area contributed by atoms with Gasteiger partial charge in [-0.3, -0.25) is 14.5 Å². The maximum absolute atomic E-state index is 12.3. The first kappa shape index (κ1) is 19.4. The summed E-state index contributed by atoms with van der Waals surface area (Å²) in [6, 6.07) is 14.0. The van der Waals surface area contributed by atoms with E-state index in [4.69, 9.17) is 4.74 Å². The third-order valence-corrected chi connectivity index (χ3v) is 5.37. The van der Waals surface area contributed by atoms with Crippen LogP contribution in [0.3, 0.4) is 0 Å². The molecule has 2 heterocycles. The summed E-state index contributed by atoms with van der Waals surface area (Å²) in [7, 11) is 0. The van der Waals surface area contributed by atoms with Crippen LogP contribution in [0.1, 0.15) is 6.92 Å². The fourth-order valence-corrected chi connectivity index (χ4v) is 3.89. The molecule has 2 N–H and O–H groups in total. The van der Waals surface area contributed by atoms with Gasteiger partial charge >= 0.3 is 11.8 Å². The van der Waals surface area contributed by atoms with Crippen LogP contribution in [0, 0.1) is 0 Å². The lowest BCUT2D eigenvalue weighted by molar-refractivity contribution is -0.136. The number of carbonyl (C=O) groups excluding carboxylic acids is 2. The number of para-hydroxylation sites is 1. The Morgan fingerprint density at radius 2 is 1.76 bits per heavy atom. The number of hydrogen-bond donors (Lipinski definition) is 2. The van der Waals surface area contributed by atoms with Gasteiger partial charge in [0.1, 0.15) is 0 Å². The second-order valence-electron chi connectivity index (χ2n) is 7.16. The van der Waals surface area contributed by atoms with Crippen molar-refractivity contribution < 1.29 is 14.3 Å². The SMILES string of the molecule is CCn1c2ccccc2c2cc(NC(=O)C(=O)NCCN3CCOCC3)ccc21. The number of fused-ring (bicyclic) bond motifs is 3. The minimum atomic E-state index is -0.648. The van der Waals surface area contributed by atoms with Gasteiger partial charge in [-0.2, -0.15) is 0 Å².